The van der Waals surface area contributed by atoms with E-state index in [1.54, 1.807) is 19.0 Å². The van der Waals surface area contributed by atoms with Gasteiger partial charge in [0.25, 0.3) is 0 Å². The van der Waals surface area contributed by atoms with Crippen LogP contribution in [0.25, 0.3) is 0 Å². The van der Waals surface area contributed by atoms with Gasteiger partial charge in [0.1, 0.15) is 0 Å². The zero-order valence-corrected chi connectivity index (χ0v) is 18.1. The van der Waals surface area contributed by atoms with E-state index in [1.165, 1.54) is 4.90 Å². The van der Waals surface area contributed by atoms with E-state index in [0.717, 1.165) is 5.56 Å². The maximum absolute atomic E-state index is 13.1. The maximum atomic E-state index is 13.1. The predicted molar refractivity (Wildman–Crippen MR) is 109 cm³/mol. The highest BCUT2D eigenvalue weighted by atomic mass is 19.4. The van der Waals surface area contributed by atoms with E-state index in [4.69, 9.17) is 4.74 Å². The van der Waals surface area contributed by atoms with E-state index in [1.807, 2.05) is 30.3 Å². The highest BCUT2D eigenvalue weighted by Gasteiger charge is 2.38. The van der Waals surface area contributed by atoms with E-state index >= 15 is 0 Å². The highest BCUT2D eigenvalue weighted by molar-refractivity contribution is 5.74. The Labute approximate surface area is 187 Å². The summed E-state index contributed by atoms with van der Waals surface area (Å²) in [7, 11) is 3.27. The van der Waals surface area contributed by atoms with Crippen molar-refractivity contribution in [2.24, 2.45) is 0 Å². The number of halogens is 6. The summed E-state index contributed by atoms with van der Waals surface area (Å²) in [6, 6.07) is 10.5. The number of carbonyl (C=O) groups excluding carboxylic acids is 1. The lowest BCUT2D eigenvalue weighted by molar-refractivity contribution is -0.143. The molecule has 0 N–H and O–H groups in total. The van der Waals surface area contributed by atoms with Crippen molar-refractivity contribution in [3.8, 4) is 0 Å². The number of hydrogen-bond donors (Lipinski definition) is 0. The fraction of sp³-hybridized carbons (Fsp3) is 0.435. The largest absolute Gasteiger partial charge is 0.416 e. The Hall–Kier alpha value is -2.75. The second kappa shape index (κ2) is 9.62. The minimum Gasteiger partial charge on any atom is -0.373 e. The second-order valence-electron chi connectivity index (χ2n) is 8.19. The van der Waals surface area contributed by atoms with Crippen LogP contribution in [0.15, 0.2) is 48.5 Å². The molecule has 2 aromatic rings. The number of nitrogens with zero attached hydrogens (tertiary/aromatic N) is 2. The summed E-state index contributed by atoms with van der Waals surface area (Å²) in [4.78, 5) is 15.5. The number of hydrogen-bond acceptors (Lipinski definition) is 2. The van der Waals surface area contributed by atoms with Crippen molar-refractivity contribution in [3.05, 3.63) is 70.8 Å². The molecule has 2 amide bonds. The molecule has 0 aromatic heterocycles. The summed E-state index contributed by atoms with van der Waals surface area (Å²) < 4.78 is 84.8. The molecule has 1 aliphatic heterocycles. The van der Waals surface area contributed by atoms with Crippen LogP contribution in [-0.4, -0.2) is 49.1 Å². The number of amides is 2. The Morgan fingerprint density at radius 1 is 1.00 bits per heavy atom. The predicted octanol–water partition coefficient (Wildman–Crippen LogP) is 5.78. The summed E-state index contributed by atoms with van der Waals surface area (Å²) in [5, 5.41) is 0. The Morgan fingerprint density at radius 3 is 2.09 bits per heavy atom. The van der Waals surface area contributed by atoms with E-state index < -0.39 is 36.2 Å². The van der Waals surface area contributed by atoms with Crippen molar-refractivity contribution >= 4 is 6.03 Å². The summed E-state index contributed by atoms with van der Waals surface area (Å²) in [6.07, 6.45) is -9.92. The summed E-state index contributed by atoms with van der Waals surface area (Å²) in [6.45, 7) is 0.270. The number of alkyl halides is 6. The van der Waals surface area contributed by atoms with Crippen LogP contribution in [0.1, 0.15) is 34.6 Å². The molecular weight excluding hydrogens is 450 g/mol. The van der Waals surface area contributed by atoms with Crippen molar-refractivity contribution in [2.75, 3.05) is 27.2 Å². The number of likely N-dealkylation sites (tertiary alicyclic amines) is 1. The third kappa shape index (κ3) is 6.19. The number of ether oxygens (including phenoxy) is 1. The molecule has 2 aromatic carbocycles. The molecule has 0 saturated carbocycles. The van der Waals surface area contributed by atoms with Crippen LogP contribution in [0.5, 0.6) is 0 Å². The lowest BCUT2D eigenvalue weighted by atomic mass is 9.88. The molecule has 1 aliphatic rings. The van der Waals surface area contributed by atoms with Gasteiger partial charge in [0.2, 0.25) is 0 Å². The van der Waals surface area contributed by atoms with Crippen LogP contribution < -0.4 is 0 Å². The number of piperidine rings is 1. The van der Waals surface area contributed by atoms with Crippen molar-refractivity contribution in [1.82, 2.24) is 9.80 Å². The van der Waals surface area contributed by atoms with Gasteiger partial charge >= 0.3 is 18.4 Å². The Bertz CT molecular complexity index is 927. The standard InChI is InChI=1S/C23H24F6N2O2/c1-30(2)21(32)31-9-8-20(19(13-31)16-6-4-3-5-7-16)33-14-15-10-17(22(24,25)26)12-18(11-15)23(27,28)29/h3-7,10-12,19-20H,8-9,13-14H2,1-2H3/t19-,20-/m0/s1. The van der Waals surface area contributed by atoms with Crippen LogP contribution in [0, 0.1) is 0 Å². The van der Waals surface area contributed by atoms with Crippen LogP contribution in [-0.2, 0) is 23.7 Å². The topological polar surface area (TPSA) is 32.8 Å². The van der Waals surface area contributed by atoms with Gasteiger partial charge in [0.05, 0.1) is 23.8 Å². The van der Waals surface area contributed by atoms with Gasteiger partial charge < -0.3 is 14.5 Å². The van der Waals surface area contributed by atoms with Gasteiger partial charge in [0, 0.05) is 33.1 Å². The molecule has 0 spiro atoms. The highest BCUT2D eigenvalue weighted by Crippen LogP contribution is 2.37. The van der Waals surface area contributed by atoms with Gasteiger partial charge in [-0.3, -0.25) is 0 Å². The first-order valence-corrected chi connectivity index (χ1v) is 10.3. The van der Waals surface area contributed by atoms with E-state index in [2.05, 4.69) is 0 Å². The molecule has 1 fully saturated rings. The summed E-state index contributed by atoms with van der Waals surface area (Å²) in [5.41, 5.74) is -2.08. The lowest BCUT2D eigenvalue weighted by Gasteiger charge is -2.39. The van der Waals surface area contributed by atoms with E-state index in [9.17, 15) is 31.1 Å². The third-order valence-corrected chi connectivity index (χ3v) is 5.54. The van der Waals surface area contributed by atoms with E-state index in [-0.39, 0.29) is 23.6 Å². The van der Waals surface area contributed by atoms with Gasteiger partial charge in [-0.15, -0.1) is 0 Å². The van der Waals surface area contributed by atoms with Crippen LogP contribution in [0.3, 0.4) is 0 Å². The molecule has 0 unspecified atom stereocenters. The first-order valence-electron chi connectivity index (χ1n) is 10.3. The summed E-state index contributed by atoms with van der Waals surface area (Å²) in [5.74, 6) is -0.281. The number of carbonyl (C=O) groups is 1. The first-order chi connectivity index (χ1) is 15.4. The monoisotopic (exact) mass is 474 g/mol. The third-order valence-electron chi connectivity index (χ3n) is 5.54. The lowest BCUT2D eigenvalue weighted by Crippen LogP contribution is -2.49. The van der Waals surface area contributed by atoms with Crippen LogP contribution in [0.2, 0.25) is 0 Å². The molecule has 180 valence electrons. The average Bonchev–Trinajstić information content (AvgIpc) is 2.76. The molecule has 2 atom stereocenters. The number of benzene rings is 2. The summed E-state index contributed by atoms with van der Waals surface area (Å²) >= 11 is 0. The normalized spacial score (nSPS) is 19.5. The smallest absolute Gasteiger partial charge is 0.373 e. The number of urea groups is 1. The fourth-order valence-corrected chi connectivity index (χ4v) is 3.91. The molecule has 0 bridgehead atoms. The SMILES string of the molecule is CN(C)C(=O)N1CC[C@H](OCc2cc(C(F)(F)F)cc(C(F)(F)F)c2)[C@H](c2ccccc2)C1. The van der Waals surface area contributed by atoms with Gasteiger partial charge in [-0.05, 0) is 35.7 Å². The van der Waals surface area contributed by atoms with Gasteiger partial charge in [-0.1, -0.05) is 30.3 Å². The second-order valence-corrected chi connectivity index (χ2v) is 8.19. The average molecular weight is 474 g/mol. The van der Waals surface area contributed by atoms with Gasteiger partial charge in [-0.25, -0.2) is 4.79 Å². The zero-order valence-electron chi connectivity index (χ0n) is 18.1. The minimum atomic E-state index is -4.92. The molecule has 4 nitrogen and oxygen atoms in total. The minimum absolute atomic E-state index is 0.0988. The molecule has 0 radical (unpaired) electrons. The molecule has 1 heterocycles. The van der Waals surface area contributed by atoms with E-state index in [0.29, 0.717) is 31.6 Å². The van der Waals surface area contributed by atoms with Crippen molar-refractivity contribution < 1.29 is 35.9 Å². The maximum Gasteiger partial charge on any atom is 0.416 e. The van der Waals surface area contributed by atoms with Crippen molar-refractivity contribution in [2.45, 2.75) is 37.4 Å². The Morgan fingerprint density at radius 2 is 1.58 bits per heavy atom. The molecular formula is C23H24F6N2O2. The quantitative estimate of drug-likeness (QED) is 0.527. The molecule has 33 heavy (non-hydrogen) atoms. The molecule has 1 saturated heterocycles. The fourth-order valence-electron chi connectivity index (χ4n) is 3.91. The van der Waals surface area contributed by atoms with Crippen molar-refractivity contribution in [3.63, 3.8) is 0 Å². The Kier molecular flexibility index (Phi) is 7.26. The molecule has 0 aliphatic carbocycles. The number of rotatable bonds is 4. The first kappa shape index (κ1) is 24.9. The van der Waals surface area contributed by atoms with Crippen LogP contribution in [0.4, 0.5) is 31.1 Å². The zero-order chi connectivity index (χ0) is 24.4. The van der Waals surface area contributed by atoms with Crippen molar-refractivity contribution in [1.29, 1.82) is 0 Å². The van der Waals surface area contributed by atoms with Gasteiger partial charge in [-0.2, -0.15) is 26.3 Å². The van der Waals surface area contributed by atoms with Gasteiger partial charge in [0.15, 0.2) is 0 Å². The Balaban J connectivity index is 1.84. The molecule has 3 rings (SSSR count). The van der Waals surface area contributed by atoms with Crippen LogP contribution >= 0.6 is 0 Å². The molecule has 10 heteroatoms.